The normalized spacial score (nSPS) is 10.2. The van der Waals surface area contributed by atoms with Crippen LogP contribution in [0.1, 0.15) is 28.4 Å². The van der Waals surface area contributed by atoms with Crippen LogP contribution in [0.15, 0.2) is 42.5 Å². The highest BCUT2D eigenvalue weighted by Gasteiger charge is 2.12. The zero-order valence-electron chi connectivity index (χ0n) is 11.2. The minimum Gasteiger partial charge on any atom is -0.397 e. The second kappa shape index (κ2) is 5.57. The summed E-state index contributed by atoms with van der Waals surface area (Å²) < 4.78 is 0. The molecule has 0 fully saturated rings. The molecule has 0 saturated carbocycles. The van der Waals surface area contributed by atoms with Gasteiger partial charge >= 0.3 is 0 Å². The van der Waals surface area contributed by atoms with Crippen LogP contribution in [-0.4, -0.2) is 5.91 Å². The Hall–Kier alpha value is -2.29. The lowest BCUT2D eigenvalue weighted by atomic mass is 10.0. The molecule has 2 aromatic carbocycles. The van der Waals surface area contributed by atoms with Crippen molar-refractivity contribution in [2.75, 3.05) is 11.1 Å². The van der Waals surface area contributed by atoms with Crippen LogP contribution in [-0.2, 0) is 6.42 Å². The van der Waals surface area contributed by atoms with E-state index in [2.05, 4.69) is 5.32 Å². The number of rotatable bonds is 3. The number of carbonyl (C=O) groups is 1. The van der Waals surface area contributed by atoms with E-state index in [0.717, 1.165) is 17.5 Å². The fraction of sp³-hybridized carbons (Fsp3) is 0.188. The molecular formula is C16H18N2O. The molecule has 0 aliphatic rings. The summed E-state index contributed by atoms with van der Waals surface area (Å²) in [4.78, 5) is 12.3. The van der Waals surface area contributed by atoms with Crippen LogP contribution in [0.5, 0.6) is 0 Å². The number of hydrogen-bond acceptors (Lipinski definition) is 2. The first-order valence-electron chi connectivity index (χ1n) is 6.37. The van der Waals surface area contributed by atoms with E-state index in [1.807, 2.05) is 50.2 Å². The lowest BCUT2D eigenvalue weighted by molar-refractivity contribution is 0.102. The molecular weight excluding hydrogens is 236 g/mol. The highest BCUT2D eigenvalue weighted by molar-refractivity contribution is 6.07. The smallest absolute Gasteiger partial charge is 0.256 e. The molecule has 2 aromatic rings. The summed E-state index contributed by atoms with van der Waals surface area (Å²) in [6, 6.07) is 13.2. The van der Waals surface area contributed by atoms with Crippen molar-refractivity contribution in [3.8, 4) is 0 Å². The lowest BCUT2D eigenvalue weighted by Crippen LogP contribution is -2.16. The second-order valence-corrected chi connectivity index (χ2v) is 4.50. The van der Waals surface area contributed by atoms with Gasteiger partial charge in [-0.1, -0.05) is 37.3 Å². The lowest BCUT2D eigenvalue weighted by Gasteiger charge is -2.12. The number of carbonyl (C=O) groups excluding carboxylic acids is 1. The van der Waals surface area contributed by atoms with E-state index in [4.69, 9.17) is 5.73 Å². The molecule has 0 aromatic heterocycles. The van der Waals surface area contributed by atoms with E-state index in [1.54, 1.807) is 6.07 Å². The highest BCUT2D eigenvalue weighted by Crippen LogP contribution is 2.23. The molecule has 0 aliphatic carbocycles. The average Bonchev–Trinajstić information content (AvgIpc) is 2.42. The van der Waals surface area contributed by atoms with Gasteiger partial charge in [0.05, 0.1) is 11.4 Å². The molecule has 0 heterocycles. The first kappa shape index (κ1) is 13.1. The Balaban J connectivity index is 2.31. The number of benzene rings is 2. The molecule has 0 spiro atoms. The molecule has 19 heavy (non-hydrogen) atoms. The van der Waals surface area contributed by atoms with Gasteiger partial charge in [-0.15, -0.1) is 0 Å². The van der Waals surface area contributed by atoms with E-state index in [1.165, 1.54) is 0 Å². The first-order chi connectivity index (χ1) is 9.13. The zero-order valence-corrected chi connectivity index (χ0v) is 11.2. The van der Waals surface area contributed by atoms with Crippen molar-refractivity contribution in [1.82, 2.24) is 0 Å². The second-order valence-electron chi connectivity index (χ2n) is 4.50. The largest absolute Gasteiger partial charge is 0.397 e. The van der Waals surface area contributed by atoms with Crippen LogP contribution in [0.2, 0.25) is 0 Å². The Morgan fingerprint density at radius 3 is 2.58 bits per heavy atom. The molecule has 0 atom stereocenters. The van der Waals surface area contributed by atoms with Gasteiger partial charge in [0.15, 0.2) is 0 Å². The summed E-state index contributed by atoms with van der Waals surface area (Å²) in [7, 11) is 0. The summed E-state index contributed by atoms with van der Waals surface area (Å²) >= 11 is 0. The summed E-state index contributed by atoms with van der Waals surface area (Å²) in [6.07, 6.45) is 0.826. The van der Waals surface area contributed by atoms with E-state index in [-0.39, 0.29) is 5.91 Å². The molecule has 0 bridgehead atoms. The van der Waals surface area contributed by atoms with Crippen LogP contribution >= 0.6 is 0 Å². The van der Waals surface area contributed by atoms with Crippen molar-refractivity contribution in [3.63, 3.8) is 0 Å². The van der Waals surface area contributed by atoms with E-state index in [9.17, 15) is 4.79 Å². The van der Waals surface area contributed by atoms with Crippen molar-refractivity contribution in [2.45, 2.75) is 20.3 Å². The standard InChI is InChI=1S/C16H18N2O/c1-3-12-8-4-5-9-13(12)16(19)18-15-11(2)7-6-10-14(15)17/h4-10H,3,17H2,1-2H3,(H,18,19). The maximum absolute atomic E-state index is 12.3. The van der Waals surface area contributed by atoms with Crippen LogP contribution in [0.25, 0.3) is 0 Å². The number of aryl methyl sites for hydroxylation is 2. The minimum atomic E-state index is -0.113. The summed E-state index contributed by atoms with van der Waals surface area (Å²) in [5.74, 6) is -0.113. The van der Waals surface area contributed by atoms with Crippen molar-refractivity contribution < 1.29 is 4.79 Å². The SMILES string of the molecule is CCc1ccccc1C(=O)Nc1c(C)cccc1N. The van der Waals surface area contributed by atoms with Crippen LogP contribution in [0.4, 0.5) is 11.4 Å². The van der Waals surface area contributed by atoms with Gasteiger partial charge in [0.2, 0.25) is 0 Å². The average molecular weight is 254 g/mol. The monoisotopic (exact) mass is 254 g/mol. The zero-order chi connectivity index (χ0) is 13.8. The van der Waals surface area contributed by atoms with Gasteiger partial charge in [-0.05, 0) is 36.6 Å². The van der Waals surface area contributed by atoms with E-state index >= 15 is 0 Å². The molecule has 0 radical (unpaired) electrons. The van der Waals surface area contributed by atoms with Gasteiger partial charge in [-0.2, -0.15) is 0 Å². The number of anilines is 2. The molecule has 0 unspecified atom stereocenters. The maximum Gasteiger partial charge on any atom is 0.256 e. The molecule has 1 amide bonds. The number of nitrogen functional groups attached to an aromatic ring is 1. The van der Waals surface area contributed by atoms with Crippen LogP contribution < -0.4 is 11.1 Å². The van der Waals surface area contributed by atoms with Crippen molar-refractivity contribution >= 4 is 17.3 Å². The Labute approximate surface area is 113 Å². The predicted molar refractivity (Wildman–Crippen MR) is 79.4 cm³/mol. The third-order valence-corrected chi connectivity index (χ3v) is 3.19. The van der Waals surface area contributed by atoms with Gasteiger partial charge in [0.25, 0.3) is 5.91 Å². The topological polar surface area (TPSA) is 55.1 Å². The van der Waals surface area contributed by atoms with Gasteiger partial charge in [0.1, 0.15) is 0 Å². The fourth-order valence-electron chi connectivity index (χ4n) is 2.09. The number of nitrogens with one attached hydrogen (secondary N) is 1. The Morgan fingerprint density at radius 1 is 1.16 bits per heavy atom. The summed E-state index contributed by atoms with van der Waals surface area (Å²) in [5.41, 5.74) is 9.88. The third-order valence-electron chi connectivity index (χ3n) is 3.19. The molecule has 0 saturated heterocycles. The minimum absolute atomic E-state index is 0.113. The summed E-state index contributed by atoms with van der Waals surface area (Å²) in [6.45, 7) is 3.96. The number of hydrogen-bond donors (Lipinski definition) is 2. The fourth-order valence-corrected chi connectivity index (χ4v) is 2.09. The van der Waals surface area contributed by atoms with Gasteiger partial charge in [-0.25, -0.2) is 0 Å². The number of amides is 1. The number of para-hydroxylation sites is 1. The maximum atomic E-state index is 12.3. The van der Waals surface area contributed by atoms with Gasteiger partial charge in [0, 0.05) is 5.56 Å². The molecule has 2 rings (SSSR count). The quantitative estimate of drug-likeness (QED) is 0.825. The predicted octanol–water partition coefficient (Wildman–Crippen LogP) is 3.39. The van der Waals surface area contributed by atoms with Crippen molar-refractivity contribution in [2.24, 2.45) is 0 Å². The highest BCUT2D eigenvalue weighted by atomic mass is 16.1. The van der Waals surface area contributed by atoms with Crippen molar-refractivity contribution in [1.29, 1.82) is 0 Å². The van der Waals surface area contributed by atoms with Crippen LogP contribution in [0, 0.1) is 6.92 Å². The van der Waals surface area contributed by atoms with E-state index < -0.39 is 0 Å². The molecule has 98 valence electrons. The van der Waals surface area contributed by atoms with E-state index in [0.29, 0.717) is 16.9 Å². The molecule has 3 N–H and O–H groups in total. The van der Waals surface area contributed by atoms with Crippen LogP contribution in [0.3, 0.4) is 0 Å². The van der Waals surface area contributed by atoms with Gasteiger partial charge < -0.3 is 11.1 Å². The third kappa shape index (κ3) is 2.76. The Bertz CT molecular complexity index is 585. The number of nitrogens with two attached hydrogens (primary N) is 1. The summed E-state index contributed by atoms with van der Waals surface area (Å²) in [5, 5.41) is 2.91. The molecule has 3 nitrogen and oxygen atoms in total. The van der Waals surface area contributed by atoms with Crippen molar-refractivity contribution in [3.05, 3.63) is 59.2 Å². The Kier molecular flexibility index (Phi) is 3.85. The Morgan fingerprint density at radius 2 is 1.89 bits per heavy atom. The molecule has 3 heteroatoms. The molecule has 0 aliphatic heterocycles. The van der Waals surface area contributed by atoms with Gasteiger partial charge in [-0.3, -0.25) is 4.79 Å². The first-order valence-corrected chi connectivity index (χ1v) is 6.37.